The second-order valence-corrected chi connectivity index (χ2v) is 8.27. The largest absolute Gasteiger partial charge is 0.318 e. The third-order valence-electron chi connectivity index (χ3n) is 4.11. The molecule has 0 bridgehead atoms. The molecule has 3 aromatic rings. The number of alkyl halides is 2. The highest BCUT2D eigenvalue weighted by atomic mass is 35.5. The molecule has 27 heavy (non-hydrogen) atoms. The third kappa shape index (κ3) is 3.83. The van der Waals surface area contributed by atoms with E-state index in [0.717, 1.165) is 10.2 Å². The van der Waals surface area contributed by atoms with E-state index in [1.165, 1.54) is 16.2 Å². The first-order chi connectivity index (χ1) is 13.0. The molecule has 1 aliphatic heterocycles. The Kier molecular flexibility index (Phi) is 5.39. The number of pyridine rings is 1. The quantitative estimate of drug-likeness (QED) is 0.468. The summed E-state index contributed by atoms with van der Waals surface area (Å²) in [6.45, 7) is 1.04. The molecule has 0 aliphatic carbocycles. The first-order valence-corrected chi connectivity index (χ1v) is 10.2. The zero-order valence-electron chi connectivity index (χ0n) is 13.8. The normalized spacial score (nSPS) is 20.0. The molecule has 0 radical (unpaired) electrons. The number of thiazole rings is 1. The van der Waals surface area contributed by atoms with Crippen molar-refractivity contribution in [1.82, 2.24) is 20.2 Å². The van der Waals surface area contributed by atoms with Crippen molar-refractivity contribution in [2.75, 3.05) is 18.4 Å². The summed E-state index contributed by atoms with van der Waals surface area (Å²) >= 11 is 19.9. The van der Waals surface area contributed by atoms with Gasteiger partial charge < -0.3 is 10.2 Å². The first kappa shape index (κ1) is 18.7. The van der Waals surface area contributed by atoms with E-state index < -0.39 is 11.0 Å². The molecule has 0 saturated carbocycles. The Hall–Kier alpha value is -1.64. The number of aromatic nitrogens is 2. The van der Waals surface area contributed by atoms with Gasteiger partial charge in [0.05, 0.1) is 15.8 Å². The number of carbonyl (C=O) groups excluding carboxylic acids is 1. The third-order valence-corrected chi connectivity index (χ3v) is 6.30. The van der Waals surface area contributed by atoms with Crippen LogP contribution in [0.1, 0.15) is 10.4 Å². The number of carbonyl (C=O) groups is 1. The lowest BCUT2D eigenvalue weighted by atomic mass is 10.2. The van der Waals surface area contributed by atoms with Crippen molar-refractivity contribution in [2.24, 2.45) is 0 Å². The molecule has 1 fully saturated rings. The maximum absolute atomic E-state index is 13.0. The zero-order chi connectivity index (χ0) is 19.0. The van der Waals surface area contributed by atoms with Gasteiger partial charge in [-0.3, -0.25) is 10.1 Å². The Labute approximate surface area is 174 Å². The van der Waals surface area contributed by atoms with Crippen molar-refractivity contribution in [3.05, 3.63) is 47.1 Å². The van der Waals surface area contributed by atoms with Crippen LogP contribution in [-0.2, 0) is 0 Å². The number of nitrogens with one attached hydrogen (secondary N) is 2. The van der Waals surface area contributed by atoms with E-state index in [2.05, 4.69) is 20.6 Å². The average Bonchev–Trinajstić information content (AvgIpc) is 3.05. The van der Waals surface area contributed by atoms with Crippen LogP contribution in [0.3, 0.4) is 0 Å². The van der Waals surface area contributed by atoms with Crippen LogP contribution in [0.2, 0.25) is 5.02 Å². The standard InChI is InChI=1S/C17H14Cl3N5OS/c18-9-3-4-12-11(8-9)23-17(27-12)24-15-10(2-1-5-22-15)16(26)25-7-6-21-13(19)14(25)20/h1-5,8,13-14,21H,6-7H2,(H,22,23,24). The minimum absolute atomic E-state index is 0.234. The van der Waals surface area contributed by atoms with Gasteiger partial charge in [0.25, 0.3) is 5.91 Å². The van der Waals surface area contributed by atoms with Crippen LogP contribution < -0.4 is 10.6 Å². The molecule has 1 aromatic carbocycles. The summed E-state index contributed by atoms with van der Waals surface area (Å²) in [7, 11) is 0. The van der Waals surface area contributed by atoms with Crippen LogP contribution >= 0.6 is 46.1 Å². The van der Waals surface area contributed by atoms with Gasteiger partial charge in [0.2, 0.25) is 0 Å². The predicted octanol–water partition coefficient (Wildman–Crippen LogP) is 4.26. The van der Waals surface area contributed by atoms with E-state index >= 15 is 0 Å². The smallest absolute Gasteiger partial charge is 0.258 e. The van der Waals surface area contributed by atoms with Crippen molar-refractivity contribution in [3.63, 3.8) is 0 Å². The SMILES string of the molecule is O=C(c1cccnc1Nc1nc2cc(Cl)ccc2s1)N1CCNC(Cl)C1Cl. The highest BCUT2D eigenvalue weighted by Crippen LogP contribution is 2.31. The van der Waals surface area contributed by atoms with E-state index in [-0.39, 0.29) is 5.91 Å². The minimum Gasteiger partial charge on any atom is -0.318 e. The number of nitrogens with zero attached hydrogens (tertiary/aromatic N) is 3. The number of halogens is 3. The Morgan fingerprint density at radius 1 is 1.33 bits per heavy atom. The number of amides is 1. The summed E-state index contributed by atoms with van der Waals surface area (Å²) in [5.41, 5.74) is 0.0370. The Morgan fingerprint density at radius 2 is 2.19 bits per heavy atom. The number of hydrogen-bond acceptors (Lipinski definition) is 6. The molecule has 10 heteroatoms. The van der Waals surface area contributed by atoms with E-state index in [0.29, 0.717) is 34.6 Å². The molecule has 140 valence electrons. The fourth-order valence-electron chi connectivity index (χ4n) is 2.80. The van der Waals surface area contributed by atoms with Gasteiger partial charge in [-0.05, 0) is 30.3 Å². The molecule has 1 saturated heterocycles. The van der Waals surface area contributed by atoms with Crippen LogP contribution in [0.4, 0.5) is 10.9 Å². The minimum atomic E-state index is -0.648. The number of anilines is 2. The topological polar surface area (TPSA) is 70.2 Å². The molecule has 6 nitrogen and oxygen atoms in total. The fraction of sp³-hybridized carbons (Fsp3) is 0.235. The maximum Gasteiger partial charge on any atom is 0.258 e. The van der Waals surface area contributed by atoms with Crippen molar-refractivity contribution in [3.8, 4) is 0 Å². The summed E-state index contributed by atoms with van der Waals surface area (Å²) in [4.78, 5) is 23.4. The summed E-state index contributed by atoms with van der Waals surface area (Å²) in [6, 6.07) is 8.93. The Morgan fingerprint density at radius 3 is 3.04 bits per heavy atom. The number of hydrogen-bond donors (Lipinski definition) is 2. The van der Waals surface area contributed by atoms with Gasteiger partial charge in [-0.2, -0.15) is 0 Å². The number of piperazine rings is 1. The van der Waals surface area contributed by atoms with E-state index in [4.69, 9.17) is 34.8 Å². The first-order valence-electron chi connectivity index (χ1n) is 8.13. The summed E-state index contributed by atoms with van der Waals surface area (Å²) in [6.07, 6.45) is 1.61. The van der Waals surface area contributed by atoms with Crippen molar-refractivity contribution in [1.29, 1.82) is 0 Å². The van der Waals surface area contributed by atoms with Crippen molar-refractivity contribution in [2.45, 2.75) is 11.0 Å². The monoisotopic (exact) mass is 441 g/mol. The number of rotatable bonds is 3. The zero-order valence-corrected chi connectivity index (χ0v) is 16.9. The average molecular weight is 443 g/mol. The summed E-state index contributed by atoms with van der Waals surface area (Å²) in [5, 5.41) is 7.42. The molecule has 4 rings (SSSR count). The van der Waals surface area contributed by atoms with E-state index in [9.17, 15) is 4.79 Å². The summed E-state index contributed by atoms with van der Waals surface area (Å²) in [5.74, 6) is 0.183. The fourth-order valence-corrected chi connectivity index (χ4v) is 4.33. The number of benzene rings is 1. The lowest BCUT2D eigenvalue weighted by Crippen LogP contribution is -2.55. The van der Waals surface area contributed by atoms with Gasteiger partial charge in [0, 0.05) is 24.3 Å². The van der Waals surface area contributed by atoms with Gasteiger partial charge in [-0.15, -0.1) is 11.6 Å². The van der Waals surface area contributed by atoms with Crippen LogP contribution in [-0.4, -0.2) is 44.9 Å². The van der Waals surface area contributed by atoms with Gasteiger partial charge in [0.1, 0.15) is 16.8 Å². The van der Waals surface area contributed by atoms with Gasteiger partial charge in [-0.1, -0.05) is 34.5 Å². The predicted molar refractivity (Wildman–Crippen MR) is 110 cm³/mol. The molecular weight excluding hydrogens is 429 g/mol. The molecule has 2 aromatic heterocycles. The number of fused-ring (bicyclic) bond motifs is 1. The highest BCUT2D eigenvalue weighted by molar-refractivity contribution is 7.22. The van der Waals surface area contributed by atoms with Crippen molar-refractivity contribution >= 4 is 73.2 Å². The van der Waals surface area contributed by atoms with Crippen LogP contribution in [0.15, 0.2) is 36.5 Å². The van der Waals surface area contributed by atoms with Crippen LogP contribution in [0, 0.1) is 0 Å². The second-order valence-electron chi connectivity index (χ2n) is 5.88. The summed E-state index contributed by atoms with van der Waals surface area (Å²) < 4.78 is 0.985. The molecule has 1 amide bonds. The molecule has 2 N–H and O–H groups in total. The molecule has 2 unspecified atom stereocenters. The molecule has 3 heterocycles. The Balaban J connectivity index is 1.63. The molecule has 1 aliphatic rings. The van der Waals surface area contributed by atoms with Gasteiger partial charge >= 0.3 is 0 Å². The maximum atomic E-state index is 13.0. The molecular formula is C17H14Cl3N5OS. The molecule has 0 spiro atoms. The van der Waals surface area contributed by atoms with Crippen LogP contribution in [0.25, 0.3) is 10.2 Å². The Bertz CT molecular complexity index is 998. The van der Waals surface area contributed by atoms with Gasteiger partial charge in [-0.25, -0.2) is 9.97 Å². The van der Waals surface area contributed by atoms with Crippen LogP contribution in [0.5, 0.6) is 0 Å². The second kappa shape index (κ2) is 7.77. The highest BCUT2D eigenvalue weighted by Gasteiger charge is 2.33. The van der Waals surface area contributed by atoms with Crippen molar-refractivity contribution < 1.29 is 4.79 Å². The van der Waals surface area contributed by atoms with E-state index in [1.807, 2.05) is 12.1 Å². The molecule has 2 atom stereocenters. The lowest BCUT2D eigenvalue weighted by Gasteiger charge is -2.35. The van der Waals surface area contributed by atoms with E-state index in [1.54, 1.807) is 24.4 Å². The lowest BCUT2D eigenvalue weighted by molar-refractivity contribution is 0.0694. The van der Waals surface area contributed by atoms with Gasteiger partial charge in [0.15, 0.2) is 5.13 Å².